The van der Waals surface area contributed by atoms with Crippen molar-refractivity contribution < 1.29 is 0 Å². The van der Waals surface area contributed by atoms with Crippen molar-refractivity contribution in [2.24, 2.45) is 5.73 Å². The number of nitrogens with one attached hydrogen (secondary N) is 1. The lowest BCUT2D eigenvalue weighted by Gasteiger charge is -2.26. The molecule has 0 radical (unpaired) electrons. The maximum absolute atomic E-state index is 6.26. The quantitative estimate of drug-likeness (QED) is 0.267. The second kappa shape index (κ2) is 9.93. The van der Waals surface area contributed by atoms with Crippen molar-refractivity contribution in [2.45, 2.75) is 19.0 Å². The van der Waals surface area contributed by atoms with Gasteiger partial charge in [0.2, 0.25) is 0 Å². The highest BCUT2D eigenvalue weighted by Crippen LogP contribution is 2.35. The highest BCUT2D eigenvalue weighted by molar-refractivity contribution is 5.98. The minimum atomic E-state index is -0.00457. The molecule has 2 nitrogen and oxygen atoms in total. The molecule has 1 heterocycles. The van der Waals surface area contributed by atoms with Gasteiger partial charge in [0.1, 0.15) is 0 Å². The zero-order valence-corrected chi connectivity index (χ0v) is 20.9. The van der Waals surface area contributed by atoms with Crippen LogP contribution in [0.15, 0.2) is 133 Å². The lowest BCUT2D eigenvalue weighted by molar-refractivity contribution is 0.767. The zero-order chi connectivity index (χ0) is 25.2. The molecular formula is C35H30N2. The Hall–Kier alpha value is -4.40. The fraction of sp³-hybridized carbons (Fsp3) is 0.0857. The van der Waals surface area contributed by atoms with Crippen molar-refractivity contribution in [1.82, 2.24) is 5.32 Å². The molecule has 5 aromatic rings. The first-order valence-electron chi connectivity index (χ1n) is 12.9. The van der Waals surface area contributed by atoms with Gasteiger partial charge in [0, 0.05) is 11.7 Å². The van der Waals surface area contributed by atoms with Crippen LogP contribution in [0.2, 0.25) is 0 Å². The van der Waals surface area contributed by atoms with E-state index in [9.17, 15) is 0 Å². The molecule has 37 heavy (non-hydrogen) atoms. The Labute approximate surface area is 218 Å². The maximum atomic E-state index is 6.26. The van der Waals surface area contributed by atoms with E-state index in [2.05, 4.69) is 139 Å². The Balaban J connectivity index is 1.38. The summed E-state index contributed by atoms with van der Waals surface area (Å²) < 4.78 is 0. The number of nitrogens with two attached hydrogens (primary N) is 1. The molecule has 6 rings (SSSR count). The summed E-state index contributed by atoms with van der Waals surface area (Å²) in [6.45, 7) is 2.04. The predicted octanol–water partition coefficient (Wildman–Crippen LogP) is 8.30. The zero-order valence-electron chi connectivity index (χ0n) is 20.9. The van der Waals surface area contributed by atoms with Crippen LogP contribution in [-0.2, 0) is 0 Å². The molecule has 0 fully saturated rings. The highest BCUT2D eigenvalue weighted by atomic mass is 14.9. The minimum absolute atomic E-state index is 0.00457. The molecule has 0 spiro atoms. The molecule has 3 N–H and O–H groups in total. The van der Waals surface area contributed by atoms with Gasteiger partial charge in [-0.15, -0.1) is 0 Å². The average molecular weight is 479 g/mol. The van der Waals surface area contributed by atoms with Gasteiger partial charge in [-0.05, 0) is 68.8 Å². The number of dihydropyridines is 1. The molecule has 5 aromatic carbocycles. The SMILES string of the molecule is CC(N)c1cccc2c(-c3ccc(C4=CC(c5ccccc5)=CC(c5ccccc5)N4)cc3)cccc12. The van der Waals surface area contributed by atoms with Crippen LogP contribution in [0.5, 0.6) is 0 Å². The molecule has 180 valence electrons. The van der Waals surface area contributed by atoms with Gasteiger partial charge in [0.15, 0.2) is 0 Å². The van der Waals surface area contributed by atoms with Gasteiger partial charge < -0.3 is 11.1 Å². The topological polar surface area (TPSA) is 38.0 Å². The molecule has 0 saturated heterocycles. The van der Waals surface area contributed by atoms with Gasteiger partial charge >= 0.3 is 0 Å². The van der Waals surface area contributed by atoms with Gasteiger partial charge in [-0.3, -0.25) is 0 Å². The van der Waals surface area contributed by atoms with Gasteiger partial charge in [-0.1, -0.05) is 121 Å². The first-order valence-corrected chi connectivity index (χ1v) is 12.9. The molecule has 0 amide bonds. The molecule has 0 aromatic heterocycles. The van der Waals surface area contributed by atoms with Crippen molar-refractivity contribution in [3.8, 4) is 11.1 Å². The molecule has 1 aliphatic rings. The predicted molar refractivity (Wildman–Crippen MR) is 157 cm³/mol. The van der Waals surface area contributed by atoms with Crippen LogP contribution in [0, 0.1) is 0 Å². The fourth-order valence-corrected chi connectivity index (χ4v) is 5.26. The summed E-state index contributed by atoms with van der Waals surface area (Å²) in [4.78, 5) is 0. The molecule has 2 heteroatoms. The maximum Gasteiger partial charge on any atom is 0.0707 e. The highest BCUT2D eigenvalue weighted by Gasteiger charge is 2.18. The summed E-state index contributed by atoms with van der Waals surface area (Å²) in [6.07, 6.45) is 4.57. The Kier molecular flexibility index (Phi) is 6.18. The summed E-state index contributed by atoms with van der Waals surface area (Å²) in [7, 11) is 0. The lowest BCUT2D eigenvalue weighted by Crippen LogP contribution is -2.21. The van der Waals surface area contributed by atoms with E-state index in [1.54, 1.807) is 0 Å². The third-order valence-corrected chi connectivity index (χ3v) is 7.18. The standard InChI is InChI=1S/C35H30N2/c1-24(36)30-14-8-17-33-31(15-9-16-32(30)33)26-18-20-28(21-19-26)35-23-29(25-10-4-2-5-11-25)22-34(37-35)27-12-6-3-7-13-27/h2-24,34,37H,36H2,1H3. The number of benzene rings is 5. The Morgan fingerprint density at radius 1 is 0.622 bits per heavy atom. The summed E-state index contributed by atoms with van der Waals surface area (Å²) >= 11 is 0. The van der Waals surface area contributed by atoms with Crippen LogP contribution in [0.1, 0.15) is 41.3 Å². The van der Waals surface area contributed by atoms with E-state index >= 15 is 0 Å². The number of hydrogen-bond acceptors (Lipinski definition) is 2. The molecule has 2 atom stereocenters. The molecular weight excluding hydrogens is 448 g/mol. The van der Waals surface area contributed by atoms with Crippen LogP contribution in [0.4, 0.5) is 0 Å². The third-order valence-electron chi connectivity index (χ3n) is 7.18. The molecule has 0 bridgehead atoms. The Bertz CT molecular complexity index is 1590. The summed E-state index contributed by atoms with van der Waals surface area (Å²) in [5, 5.41) is 6.22. The monoisotopic (exact) mass is 478 g/mol. The van der Waals surface area contributed by atoms with E-state index in [-0.39, 0.29) is 12.1 Å². The first-order chi connectivity index (χ1) is 18.2. The molecule has 2 unspecified atom stereocenters. The number of hydrogen-bond donors (Lipinski definition) is 2. The molecule has 1 aliphatic heterocycles. The van der Waals surface area contributed by atoms with Crippen molar-refractivity contribution in [3.63, 3.8) is 0 Å². The van der Waals surface area contributed by atoms with Gasteiger partial charge in [0.25, 0.3) is 0 Å². The number of allylic oxidation sites excluding steroid dienone is 2. The van der Waals surface area contributed by atoms with E-state index in [4.69, 9.17) is 5.73 Å². The van der Waals surface area contributed by atoms with Crippen molar-refractivity contribution in [3.05, 3.63) is 156 Å². The van der Waals surface area contributed by atoms with Crippen LogP contribution >= 0.6 is 0 Å². The van der Waals surface area contributed by atoms with E-state index in [0.717, 1.165) is 5.70 Å². The Morgan fingerprint density at radius 3 is 2.00 bits per heavy atom. The fourth-order valence-electron chi connectivity index (χ4n) is 5.26. The van der Waals surface area contributed by atoms with Crippen LogP contribution in [0.3, 0.4) is 0 Å². The summed E-state index contributed by atoms with van der Waals surface area (Å²) in [6, 6.07) is 43.1. The number of fused-ring (bicyclic) bond motifs is 1. The summed E-state index contributed by atoms with van der Waals surface area (Å²) in [5.41, 5.74) is 15.9. The van der Waals surface area contributed by atoms with Gasteiger partial charge in [-0.25, -0.2) is 0 Å². The second-order valence-electron chi connectivity index (χ2n) is 9.69. The molecule has 0 saturated carbocycles. The lowest BCUT2D eigenvalue weighted by atomic mass is 9.91. The van der Waals surface area contributed by atoms with Crippen molar-refractivity contribution in [1.29, 1.82) is 0 Å². The van der Waals surface area contributed by atoms with E-state index < -0.39 is 0 Å². The average Bonchev–Trinajstić information content (AvgIpc) is 2.97. The van der Waals surface area contributed by atoms with Crippen molar-refractivity contribution in [2.75, 3.05) is 0 Å². The Morgan fingerprint density at radius 2 is 1.27 bits per heavy atom. The van der Waals surface area contributed by atoms with Crippen LogP contribution in [-0.4, -0.2) is 0 Å². The minimum Gasteiger partial charge on any atom is -0.374 e. The second-order valence-corrected chi connectivity index (χ2v) is 9.69. The normalized spacial score (nSPS) is 16.0. The molecule has 0 aliphatic carbocycles. The van der Waals surface area contributed by atoms with E-state index in [1.165, 1.54) is 49.7 Å². The number of rotatable bonds is 5. The first kappa shape index (κ1) is 23.0. The van der Waals surface area contributed by atoms with Crippen LogP contribution in [0.25, 0.3) is 33.2 Å². The summed E-state index contributed by atoms with van der Waals surface area (Å²) in [5.74, 6) is 0. The smallest absolute Gasteiger partial charge is 0.0707 e. The third kappa shape index (κ3) is 4.60. The van der Waals surface area contributed by atoms with Gasteiger partial charge in [-0.2, -0.15) is 0 Å². The van der Waals surface area contributed by atoms with E-state index in [1.807, 2.05) is 6.92 Å². The van der Waals surface area contributed by atoms with Crippen LogP contribution < -0.4 is 11.1 Å². The van der Waals surface area contributed by atoms with Gasteiger partial charge in [0.05, 0.1) is 6.04 Å². The van der Waals surface area contributed by atoms with E-state index in [0.29, 0.717) is 0 Å². The largest absolute Gasteiger partial charge is 0.374 e. The van der Waals surface area contributed by atoms with Crippen molar-refractivity contribution >= 4 is 22.0 Å².